The molecule has 1 amide bonds. The molecule has 0 saturated carbocycles. The van der Waals surface area contributed by atoms with Gasteiger partial charge in [-0.05, 0) is 45.1 Å². The Labute approximate surface area is 254 Å². The van der Waals surface area contributed by atoms with Gasteiger partial charge in [-0.2, -0.15) is 0 Å². The van der Waals surface area contributed by atoms with E-state index in [1.807, 2.05) is 55.4 Å². The number of fused-ring (bicyclic) bond motifs is 1. The van der Waals surface area contributed by atoms with Crippen molar-refractivity contribution < 1.29 is 23.0 Å². The number of halogens is 2. The molecule has 0 bridgehead atoms. The number of nitrogens with one attached hydrogen (secondary N) is 1. The van der Waals surface area contributed by atoms with Crippen LogP contribution in [0.2, 0.25) is 0 Å². The number of rotatable bonds is 9. The zero-order valence-electron chi connectivity index (χ0n) is 25.1. The SMILES string of the molecule is COc1cc(OC)c(F)c(-c2cc3cnc(Nc4ccccc4)cc3n(C3CCN(C(=O)/C=C/CN(C)C)CC3)c2=O)c1F. The van der Waals surface area contributed by atoms with E-state index in [1.54, 1.807) is 27.8 Å². The van der Waals surface area contributed by atoms with Crippen LogP contribution in [0.1, 0.15) is 18.9 Å². The van der Waals surface area contributed by atoms with E-state index in [0.29, 0.717) is 49.2 Å². The number of likely N-dealkylation sites (N-methyl/N-ethyl adjacent to an activating group) is 1. The number of benzene rings is 2. The maximum atomic E-state index is 15.6. The van der Waals surface area contributed by atoms with Crippen LogP contribution in [0.25, 0.3) is 22.0 Å². The lowest BCUT2D eigenvalue weighted by atomic mass is 9.99. The van der Waals surface area contributed by atoms with E-state index in [2.05, 4.69) is 10.3 Å². The summed E-state index contributed by atoms with van der Waals surface area (Å²) >= 11 is 0. The minimum absolute atomic E-state index is 0.0950. The number of carbonyl (C=O) groups excluding carboxylic acids is 1. The van der Waals surface area contributed by atoms with Crippen molar-refractivity contribution >= 4 is 28.3 Å². The van der Waals surface area contributed by atoms with Gasteiger partial charge in [0.1, 0.15) is 5.82 Å². The van der Waals surface area contributed by atoms with Gasteiger partial charge < -0.3 is 29.2 Å². The van der Waals surface area contributed by atoms with Crippen LogP contribution in [0.15, 0.2) is 71.7 Å². The lowest BCUT2D eigenvalue weighted by molar-refractivity contribution is -0.127. The number of nitrogens with zero attached hydrogens (tertiary/aromatic N) is 4. The molecule has 11 heteroatoms. The molecular formula is C33H35F2N5O4. The Bertz CT molecular complexity index is 1720. The zero-order valence-corrected chi connectivity index (χ0v) is 25.1. The van der Waals surface area contributed by atoms with Crippen molar-refractivity contribution in [3.8, 4) is 22.6 Å². The number of hydrogen-bond acceptors (Lipinski definition) is 7. The Kier molecular flexibility index (Phi) is 9.24. The predicted molar refractivity (Wildman–Crippen MR) is 167 cm³/mol. The molecule has 5 rings (SSSR count). The van der Waals surface area contributed by atoms with Crippen molar-refractivity contribution in [2.24, 2.45) is 0 Å². The first-order valence-electron chi connectivity index (χ1n) is 14.3. The third-order valence-electron chi connectivity index (χ3n) is 7.68. The van der Waals surface area contributed by atoms with Crippen molar-refractivity contribution in [2.75, 3.05) is 53.3 Å². The predicted octanol–water partition coefficient (Wildman–Crippen LogP) is 5.38. The van der Waals surface area contributed by atoms with Gasteiger partial charge in [0.15, 0.2) is 23.1 Å². The molecule has 0 atom stereocenters. The van der Waals surface area contributed by atoms with Crippen LogP contribution in [0, 0.1) is 11.6 Å². The van der Waals surface area contributed by atoms with Crippen molar-refractivity contribution in [1.82, 2.24) is 19.4 Å². The summed E-state index contributed by atoms with van der Waals surface area (Å²) < 4.78 is 43.1. The third-order valence-corrected chi connectivity index (χ3v) is 7.68. The fourth-order valence-corrected chi connectivity index (χ4v) is 5.45. The van der Waals surface area contributed by atoms with E-state index < -0.39 is 22.8 Å². The Morgan fingerprint density at radius 2 is 1.70 bits per heavy atom. The van der Waals surface area contributed by atoms with Crippen molar-refractivity contribution in [2.45, 2.75) is 18.9 Å². The molecule has 1 fully saturated rings. The number of piperidine rings is 1. The van der Waals surface area contributed by atoms with Gasteiger partial charge in [-0.25, -0.2) is 13.8 Å². The molecule has 2 aromatic carbocycles. The van der Waals surface area contributed by atoms with Crippen molar-refractivity contribution in [1.29, 1.82) is 0 Å². The highest BCUT2D eigenvalue weighted by Crippen LogP contribution is 2.38. The van der Waals surface area contributed by atoms with E-state index in [4.69, 9.17) is 9.47 Å². The summed E-state index contributed by atoms with van der Waals surface area (Å²) in [6.45, 7) is 1.49. The molecule has 0 spiro atoms. The Morgan fingerprint density at radius 1 is 1.05 bits per heavy atom. The maximum absolute atomic E-state index is 15.6. The van der Waals surface area contributed by atoms with Gasteiger partial charge in [-0.1, -0.05) is 24.3 Å². The molecule has 1 aliphatic heterocycles. The van der Waals surface area contributed by atoms with E-state index in [1.165, 1.54) is 20.3 Å². The molecule has 0 unspecified atom stereocenters. The second-order valence-electron chi connectivity index (χ2n) is 10.9. The van der Waals surface area contributed by atoms with Gasteiger partial charge in [0.05, 0.1) is 30.9 Å². The number of aromatic nitrogens is 2. The first kappa shape index (κ1) is 30.7. The van der Waals surface area contributed by atoms with Crippen molar-refractivity contribution in [3.63, 3.8) is 0 Å². The number of anilines is 2. The van der Waals surface area contributed by atoms with E-state index in [-0.39, 0.29) is 29.0 Å². The molecule has 4 aromatic rings. The molecule has 1 saturated heterocycles. The quantitative estimate of drug-likeness (QED) is 0.257. The number of methoxy groups -OCH3 is 2. The number of ether oxygens (including phenoxy) is 2. The van der Waals surface area contributed by atoms with Crippen LogP contribution in [-0.4, -0.2) is 73.2 Å². The summed E-state index contributed by atoms with van der Waals surface area (Å²) in [4.78, 5) is 35.3. The minimum atomic E-state index is -1.01. The van der Waals surface area contributed by atoms with Crippen LogP contribution in [-0.2, 0) is 4.79 Å². The summed E-state index contributed by atoms with van der Waals surface area (Å²) in [6, 6.07) is 13.4. The van der Waals surface area contributed by atoms with Crippen LogP contribution in [0.4, 0.5) is 20.3 Å². The highest BCUT2D eigenvalue weighted by molar-refractivity contribution is 5.88. The van der Waals surface area contributed by atoms with Gasteiger partial charge in [-0.15, -0.1) is 0 Å². The topological polar surface area (TPSA) is 88.9 Å². The van der Waals surface area contributed by atoms with E-state index >= 15 is 8.78 Å². The molecule has 0 aliphatic carbocycles. The Balaban J connectivity index is 1.61. The summed E-state index contributed by atoms with van der Waals surface area (Å²) in [5.41, 5.74) is 0.0793. The van der Waals surface area contributed by atoms with Gasteiger partial charge in [0.2, 0.25) is 5.91 Å². The average molecular weight is 604 g/mol. The molecule has 3 heterocycles. The van der Waals surface area contributed by atoms with Crippen LogP contribution in [0.5, 0.6) is 11.5 Å². The number of pyridine rings is 2. The summed E-state index contributed by atoms with van der Waals surface area (Å²) in [7, 11) is 6.36. The molecule has 2 aromatic heterocycles. The average Bonchev–Trinajstić information content (AvgIpc) is 3.02. The highest BCUT2D eigenvalue weighted by atomic mass is 19.1. The van der Waals surface area contributed by atoms with Crippen LogP contribution < -0.4 is 20.3 Å². The smallest absolute Gasteiger partial charge is 0.259 e. The minimum Gasteiger partial charge on any atom is -0.494 e. The third kappa shape index (κ3) is 6.28. The molecule has 1 aliphatic rings. The molecule has 0 radical (unpaired) electrons. The maximum Gasteiger partial charge on any atom is 0.259 e. The molecular weight excluding hydrogens is 568 g/mol. The van der Waals surface area contributed by atoms with Crippen molar-refractivity contribution in [3.05, 3.63) is 88.9 Å². The Hall–Kier alpha value is -4.77. The molecule has 9 nitrogen and oxygen atoms in total. The molecule has 230 valence electrons. The van der Waals surface area contributed by atoms with Gasteiger partial charge in [-0.3, -0.25) is 9.59 Å². The zero-order chi connectivity index (χ0) is 31.4. The number of para-hydroxylation sites is 1. The number of amides is 1. The van der Waals surface area contributed by atoms with Gasteiger partial charge >= 0.3 is 0 Å². The van der Waals surface area contributed by atoms with E-state index in [0.717, 1.165) is 11.8 Å². The van der Waals surface area contributed by atoms with Gasteiger partial charge in [0, 0.05) is 61.2 Å². The lowest BCUT2D eigenvalue weighted by Crippen LogP contribution is -2.40. The number of hydrogen-bond donors (Lipinski definition) is 1. The molecule has 44 heavy (non-hydrogen) atoms. The second-order valence-corrected chi connectivity index (χ2v) is 10.9. The number of carbonyl (C=O) groups is 1. The Morgan fingerprint density at radius 3 is 2.32 bits per heavy atom. The van der Waals surface area contributed by atoms with E-state index in [9.17, 15) is 9.59 Å². The monoisotopic (exact) mass is 603 g/mol. The standard InChI is InChI=1S/C33H35F2N5O4/c1-38(2)14-8-11-29(41)39-15-12-23(13-16-39)40-25-18-28(37-22-9-6-5-7-10-22)36-20-21(25)17-24(33(40)42)30-31(34)26(43-3)19-27(44-4)32(30)35/h5-11,17-20,23H,12-16H2,1-4H3,(H,36,37)/b11-8+. The van der Waals surface area contributed by atoms with Gasteiger partial charge in [0.25, 0.3) is 5.56 Å². The van der Waals surface area contributed by atoms with Crippen LogP contribution in [0.3, 0.4) is 0 Å². The normalized spacial score (nSPS) is 14.0. The van der Waals surface area contributed by atoms with Crippen LogP contribution >= 0.6 is 0 Å². The first-order chi connectivity index (χ1) is 21.2. The number of likely N-dealkylation sites (tertiary alicyclic amines) is 1. The summed E-state index contributed by atoms with van der Waals surface area (Å²) in [6.07, 6.45) is 5.90. The second kappa shape index (κ2) is 13.3. The fraction of sp³-hybridized carbons (Fsp3) is 0.303. The summed E-state index contributed by atoms with van der Waals surface area (Å²) in [5.74, 6) is -2.10. The summed E-state index contributed by atoms with van der Waals surface area (Å²) in [5, 5.41) is 3.76. The highest BCUT2D eigenvalue weighted by Gasteiger charge is 2.29. The first-order valence-corrected chi connectivity index (χ1v) is 14.3. The fourth-order valence-electron chi connectivity index (χ4n) is 5.45. The molecule has 1 N–H and O–H groups in total. The lowest BCUT2D eigenvalue weighted by Gasteiger charge is -2.33. The largest absolute Gasteiger partial charge is 0.494 e.